The van der Waals surface area contributed by atoms with E-state index in [0.29, 0.717) is 34.6 Å². The van der Waals surface area contributed by atoms with Gasteiger partial charge in [0, 0.05) is 23.4 Å². The number of hydrogen-bond donors (Lipinski definition) is 1. The van der Waals surface area contributed by atoms with Crippen LogP contribution in [0.3, 0.4) is 0 Å². The molecule has 0 aliphatic rings. The first-order chi connectivity index (χ1) is 16.4. The van der Waals surface area contributed by atoms with Gasteiger partial charge in [-0.25, -0.2) is 0 Å². The third-order valence-electron chi connectivity index (χ3n) is 5.36. The average Bonchev–Trinajstić information content (AvgIpc) is 3.25. The van der Waals surface area contributed by atoms with E-state index in [-0.39, 0.29) is 5.91 Å². The van der Waals surface area contributed by atoms with Crippen LogP contribution in [0.15, 0.2) is 78.0 Å². The predicted molar refractivity (Wildman–Crippen MR) is 140 cm³/mol. The van der Waals surface area contributed by atoms with Crippen LogP contribution >= 0.6 is 23.4 Å². The van der Waals surface area contributed by atoms with E-state index in [1.165, 1.54) is 0 Å². The highest BCUT2D eigenvalue weighted by molar-refractivity contribution is 7.98. The Morgan fingerprint density at radius 3 is 2.41 bits per heavy atom. The molecule has 3 aromatic carbocycles. The van der Waals surface area contributed by atoms with Crippen LogP contribution in [0.4, 0.5) is 0 Å². The summed E-state index contributed by atoms with van der Waals surface area (Å²) in [5.74, 6) is 1.78. The van der Waals surface area contributed by atoms with E-state index >= 15 is 0 Å². The van der Waals surface area contributed by atoms with Crippen molar-refractivity contribution in [1.29, 1.82) is 0 Å². The molecule has 174 valence electrons. The van der Waals surface area contributed by atoms with Gasteiger partial charge in [-0.2, -0.15) is 0 Å². The number of carbonyl (C=O) groups is 1. The van der Waals surface area contributed by atoms with Gasteiger partial charge in [0.1, 0.15) is 0 Å². The largest absolute Gasteiger partial charge is 0.352 e. The Labute approximate surface area is 209 Å². The summed E-state index contributed by atoms with van der Waals surface area (Å²) in [6, 6.07) is 23.5. The van der Waals surface area contributed by atoms with Gasteiger partial charge in [-0.15, -0.1) is 10.2 Å². The fraction of sp³-hybridized carbons (Fsp3) is 0.222. The fourth-order valence-electron chi connectivity index (χ4n) is 3.51. The summed E-state index contributed by atoms with van der Waals surface area (Å²) in [5.41, 5.74) is 4.74. The van der Waals surface area contributed by atoms with E-state index in [1.54, 1.807) is 11.8 Å². The molecule has 0 spiro atoms. The Kier molecular flexibility index (Phi) is 7.70. The Morgan fingerprint density at radius 2 is 1.71 bits per heavy atom. The molecule has 4 rings (SSSR count). The number of rotatable bonds is 8. The molecule has 1 aromatic heterocycles. The van der Waals surface area contributed by atoms with Crippen molar-refractivity contribution in [3.8, 4) is 17.1 Å². The molecule has 1 N–H and O–H groups in total. The standard InChI is InChI=1S/C27H27ClN4OS/c1-18(2)16-29-26(33)21-14-12-20(13-15-21)17-34-27-31-30-25(22-9-5-6-10-23(22)28)32(27)24-11-7-4-8-19(24)3/h4-15,18H,16-17H2,1-3H3,(H,29,33). The van der Waals surface area contributed by atoms with Crippen molar-refractivity contribution in [1.82, 2.24) is 20.1 Å². The zero-order valence-corrected chi connectivity index (χ0v) is 21.0. The second-order valence-electron chi connectivity index (χ2n) is 8.50. The maximum absolute atomic E-state index is 12.3. The minimum Gasteiger partial charge on any atom is -0.352 e. The molecule has 0 radical (unpaired) electrons. The van der Waals surface area contributed by atoms with E-state index in [4.69, 9.17) is 11.6 Å². The third kappa shape index (κ3) is 5.51. The lowest BCUT2D eigenvalue weighted by Gasteiger charge is -2.13. The Balaban J connectivity index is 1.59. The predicted octanol–water partition coefficient (Wildman–Crippen LogP) is 6.57. The number of hydrogen-bond acceptors (Lipinski definition) is 4. The molecule has 0 aliphatic heterocycles. The molecule has 1 amide bonds. The second-order valence-corrected chi connectivity index (χ2v) is 9.85. The van der Waals surface area contributed by atoms with E-state index in [0.717, 1.165) is 27.5 Å². The molecule has 5 nitrogen and oxygen atoms in total. The minimum absolute atomic E-state index is 0.0448. The van der Waals surface area contributed by atoms with Crippen molar-refractivity contribution in [2.75, 3.05) is 6.54 Å². The quantitative estimate of drug-likeness (QED) is 0.283. The number of amides is 1. The van der Waals surface area contributed by atoms with Crippen LogP contribution in [0.1, 0.15) is 35.3 Å². The molecular formula is C27H27ClN4OS. The van der Waals surface area contributed by atoms with Crippen LogP contribution in [-0.2, 0) is 5.75 Å². The van der Waals surface area contributed by atoms with Crippen LogP contribution in [0.25, 0.3) is 17.1 Å². The second kappa shape index (κ2) is 10.9. The molecule has 0 bridgehead atoms. The number of carbonyl (C=O) groups excluding carboxylic acids is 1. The van der Waals surface area contributed by atoms with Crippen LogP contribution < -0.4 is 5.32 Å². The van der Waals surface area contributed by atoms with Crippen LogP contribution in [-0.4, -0.2) is 27.2 Å². The summed E-state index contributed by atoms with van der Waals surface area (Å²) >= 11 is 8.10. The van der Waals surface area contributed by atoms with Crippen LogP contribution in [0, 0.1) is 12.8 Å². The van der Waals surface area contributed by atoms with Gasteiger partial charge in [0.25, 0.3) is 5.91 Å². The maximum Gasteiger partial charge on any atom is 0.251 e. The van der Waals surface area contributed by atoms with Gasteiger partial charge in [-0.3, -0.25) is 9.36 Å². The van der Waals surface area contributed by atoms with E-state index in [9.17, 15) is 4.79 Å². The summed E-state index contributed by atoms with van der Waals surface area (Å²) in [6.45, 7) is 6.89. The average molecular weight is 491 g/mol. The first-order valence-electron chi connectivity index (χ1n) is 11.2. The fourth-order valence-corrected chi connectivity index (χ4v) is 4.63. The van der Waals surface area contributed by atoms with Gasteiger partial charge >= 0.3 is 0 Å². The number of halogens is 1. The molecule has 4 aromatic rings. The van der Waals surface area contributed by atoms with E-state index in [2.05, 4.69) is 53.0 Å². The molecule has 0 atom stereocenters. The normalized spacial score (nSPS) is 11.1. The SMILES string of the molecule is Cc1ccccc1-n1c(SCc2ccc(C(=O)NCC(C)C)cc2)nnc1-c1ccccc1Cl. The number of nitrogens with one attached hydrogen (secondary N) is 1. The van der Waals surface area contributed by atoms with Gasteiger partial charge in [0.15, 0.2) is 11.0 Å². The number of para-hydroxylation sites is 1. The number of thioether (sulfide) groups is 1. The highest BCUT2D eigenvalue weighted by Gasteiger charge is 2.19. The lowest BCUT2D eigenvalue weighted by atomic mass is 10.1. The topological polar surface area (TPSA) is 59.8 Å². The summed E-state index contributed by atoms with van der Waals surface area (Å²) in [7, 11) is 0. The monoisotopic (exact) mass is 490 g/mol. The van der Waals surface area contributed by atoms with Gasteiger partial charge < -0.3 is 5.32 Å². The van der Waals surface area contributed by atoms with Crippen molar-refractivity contribution in [2.45, 2.75) is 31.7 Å². The lowest BCUT2D eigenvalue weighted by Crippen LogP contribution is -2.27. The molecule has 1 heterocycles. The van der Waals surface area contributed by atoms with Crippen molar-refractivity contribution >= 4 is 29.3 Å². The van der Waals surface area contributed by atoms with Crippen LogP contribution in [0.5, 0.6) is 0 Å². The highest BCUT2D eigenvalue weighted by Crippen LogP contribution is 2.33. The third-order valence-corrected chi connectivity index (χ3v) is 6.69. The molecule has 34 heavy (non-hydrogen) atoms. The summed E-state index contributed by atoms with van der Waals surface area (Å²) in [5, 5.41) is 13.4. The number of aryl methyl sites for hydroxylation is 1. The molecule has 0 saturated carbocycles. The highest BCUT2D eigenvalue weighted by atomic mass is 35.5. The van der Waals surface area contributed by atoms with Crippen molar-refractivity contribution in [3.05, 3.63) is 94.5 Å². The zero-order valence-electron chi connectivity index (χ0n) is 19.5. The minimum atomic E-state index is -0.0448. The number of benzene rings is 3. The van der Waals surface area contributed by atoms with Gasteiger partial charge in [0.05, 0.1) is 10.7 Å². The van der Waals surface area contributed by atoms with Crippen LogP contribution in [0.2, 0.25) is 5.02 Å². The number of aromatic nitrogens is 3. The summed E-state index contributed by atoms with van der Waals surface area (Å²) < 4.78 is 2.06. The smallest absolute Gasteiger partial charge is 0.251 e. The Bertz CT molecular complexity index is 1280. The first-order valence-corrected chi connectivity index (χ1v) is 12.6. The van der Waals surface area contributed by atoms with Crippen molar-refractivity contribution in [2.24, 2.45) is 5.92 Å². The van der Waals surface area contributed by atoms with E-state index in [1.807, 2.05) is 60.7 Å². The summed E-state index contributed by atoms with van der Waals surface area (Å²) in [6.07, 6.45) is 0. The zero-order chi connectivity index (χ0) is 24.1. The molecule has 7 heteroatoms. The first kappa shape index (κ1) is 24.0. The maximum atomic E-state index is 12.3. The van der Waals surface area contributed by atoms with Crippen molar-refractivity contribution < 1.29 is 4.79 Å². The van der Waals surface area contributed by atoms with E-state index < -0.39 is 0 Å². The molecular weight excluding hydrogens is 464 g/mol. The summed E-state index contributed by atoms with van der Waals surface area (Å²) in [4.78, 5) is 12.3. The molecule has 0 aliphatic carbocycles. The number of nitrogens with zero attached hydrogens (tertiary/aromatic N) is 3. The molecule has 0 unspecified atom stereocenters. The Hall–Kier alpha value is -3.09. The Morgan fingerprint density at radius 1 is 1.00 bits per heavy atom. The van der Waals surface area contributed by atoms with Gasteiger partial charge in [-0.05, 0) is 54.3 Å². The van der Waals surface area contributed by atoms with Gasteiger partial charge in [0.2, 0.25) is 0 Å². The molecule has 0 saturated heterocycles. The molecule has 0 fully saturated rings. The lowest BCUT2D eigenvalue weighted by molar-refractivity contribution is 0.0949. The van der Waals surface area contributed by atoms with Crippen molar-refractivity contribution in [3.63, 3.8) is 0 Å². The van der Waals surface area contributed by atoms with Gasteiger partial charge in [-0.1, -0.05) is 79.7 Å².